The summed E-state index contributed by atoms with van der Waals surface area (Å²) in [6, 6.07) is 12.9. The van der Waals surface area contributed by atoms with Gasteiger partial charge >= 0.3 is 0 Å². The molecule has 3 aromatic heterocycles. The molecule has 1 aromatic carbocycles. The van der Waals surface area contributed by atoms with Gasteiger partial charge in [0.15, 0.2) is 11.6 Å². The molecule has 6 rings (SSSR count). The van der Waals surface area contributed by atoms with Crippen molar-refractivity contribution < 1.29 is 18.7 Å². The standard InChI is InChI=1S/C34H36Cl2FN7O3/c1-46-19-20-16-44(17-20)18-22-10-12-40-33(31(22)37)42-27-11-13-39-32(30(27)36)25-5-3-4-24(29(25)35)26-8-6-21(34(43-26)47-2)14-38-15-23-7-9-28(45)41-23/h3-6,8,10-13,20,23,38H,7,9,14-19H2,1-2H3,(H,41,45)(H,39,40,42)/t23-/m1/s1. The van der Waals surface area contributed by atoms with Crippen LogP contribution in [0, 0.1) is 11.7 Å². The highest BCUT2D eigenvalue weighted by Crippen LogP contribution is 2.41. The summed E-state index contributed by atoms with van der Waals surface area (Å²) in [7, 11) is 3.27. The highest BCUT2D eigenvalue weighted by Gasteiger charge is 2.28. The number of carbonyl (C=O) groups excluding carboxylic acids is 1. The minimum absolute atomic E-state index is 0.0780. The largest absolute Gasteiger partial charge is 0.481 e. The third-order valence-electron chi connectivity index (χ3n) is 8.39. The molecule has 246 valence electrons. The number of amides is 1. The molecular formula is C34H36Cl2FN7O3. The molecule has 10 nitrogen and oxygen atoms in total. The second-order valence-corrected chi connectivity index (χ2v) is 12.5. The third kappa shape index (κ3) is 7.50. The molecule has 2 aliphatic heterocycles. The molecule has 0 saturated carbocycles. The smallest absolute Gasteiger partial charge is 0.220 e. The van der Waals surface area contributed by atoms with Crippen molar-refractivity contribution in [3.63, 3.8) is 0 Å². The topological polar surface area (TPSA) is 114 Å². The Morgan fingerprint density at radius 2 is 1.83 bits per heavy atom. The zero-order chi connectivity index (χ0) is 32.9. The lowest BCUT2D eigenvalue weighted by atomic mass is 10.0. The van der Waals surface area contributed by atoms with Crippen LogP contribution in [-0.2, 0) is 22.6 Å². The van der Waals surface area contributed by atoms with Crippen LogP contribution in [0.15, 0.2) is 54.9 Å². The Balaban J connectivity index is 1.19. The third-order valence-corrected chi connectivity index (χ3v) is 9.18. The van der Waals surface area contributed by atoms with Crippen LogP contribution in [0.2, 0.25) is 10.0 Å². The van der Waals surface area contributed by atoms with Gasteiger partial charge in [-0.3, -0.25) is 14.7 Å². The van der Waals surface area contributed by atoms with E-state index in [0.29, 0.717) is 83.2 Å². The molecule has 3 N–H and O–H groups in total. The lowest BCUT2D eigenvalue weighted by Gasteiger charge is -2.38. The number of aromatic nitrogens is 3. The highest BCUT2D eigenvalue weighted by atomic mass is 35.5. The van der Waals surface area contributed by atoms with Crippen molar-refractivity contribution in [1.82, 2.24) is 30.5 Å². The van der Waals surface area contributed by atoms with E-state index in [1.54, 1.807) is 38.7 Å². The average Bonchev–Trinajstić information content (AvgIpc) is 3.47. The molecule has 0 radical (unpaired) electrons. The van der Waals surface area contributed by atoms with Crippen molar-refractivity contribution in [3.8, 4) is 28.4 Å². The van der Waals surface area contributed by atoms with Crippen LogP contribution in [-0.4, -0.2) is 72.3 Å². The lowest BCUT2D eigenvalue weighted by Crippen LogP contribution is -2.47. The van der Waals surface area contributed by atoms with E-state index in [0.717, 1.165) is 25.1 Å². The van der Waals surface area contributed by atoms with Crippen LogP contribution in [0.25, 0.3) is 22.5 Å². The first-order chi connectivity index (χ1) is 22.8. The van der Waals surface area contributed by atoms with Crippen LogP contribution in [0.4, 0.5) is 15.9 Å². The molecule has 47 heavy (non-hydrogen) atoms. The number of nitrogens with one attached hydrogen (secondary N) is 3. The van der Waals surface area contributed by atoms with Gasteiger partial charge in [-0.2, -0.15) is 0 Å². The van der Waals surface area contributed by atoms with E-state index in [2.05, 4.69) is 30.8 Å². The van der Waals surface area contributed by atoms with Crippen LogP contribution in [0.3, 0.4) is 0 Å². The molecule has 4 aromatic rings. The van der Waals surface area contributed by atoms with Crippen molar-refractivity contribution >= 4 is 40.6 Å². The van der Waals surface area contributed by atoms with Gasteiger partial charge in [-0.25, -0.2) is 14.4 Å². The Morgan fingerprint density at radius 1 is 1.02 bits per heavy atom. The summed E-state index contributed by atoms with van der Waals surface area (Å²) in [5, 5.41) is 10.1. The number of nitrogens with zero attached hydrogens (tertiary/aromatic N) is 4. The van der Waals surface area contributed by atoms with Crippen LogP contribution in [0.5, 0.6) is 5.88 Å². The number of ether oxygens (including phenoxy) is 2. The average molecular weight is 681 g/mol. The first kappa shape index (κ1) is 33.0. The SMILES string of the molecule is COCC1CN(Cc2ccnc(Nc3ccnc(-c4cccc(-c5ccc(CNC[C@H]6CCC(=O)N6)c(OC)n5)c4Cl)c3Cl)c2F)C1. The molecule has 0 unspecified atom stereocenters. The maximum Gasteiger partial charge on any atom is 0.220 e. The molecule has 13 heteroatoms. The first-order valence-corrected chi connectivity index (χ1v) is 16.2. The van der Waals surface area contributed by atoms with Gasteiger partial charge < -0.3 is 25.4 Å². The Hall–Kier alpha value is -3.87. The van der Waals surface area contributed by atoms with Gasteiger partial charge in [-0.1, -0.05) is 47.5 Å². The lowest BCUT2D eigenvalue weighted by molar-refractivity contribution is -0.119. The molecule has 0 aliphatic carbocycles. The molecule has 0 bridgehead atoms. The molecule has 0 spiro atoms. The summed E-state index contributed by atoms with van der Waals surface area (Å²) in [5.41, 5.74) is 4.17. The molecule has 5 heterocycles. The van der Waals surface area contributed by atoms with Gasteiger partial charge in [0.25, 0.3) is 0 Å². The predicted molar refractivity (Wildman–Crippen MR) is 180 cm³/mol. The van der Waals surface area contributed by atoms with Gasteiger partial charge in [-0.05, 0) is 24.6 Å². The minimum atomic E-state index is -0.430. The first-order valence-electron chi connectivity index (χ1n) is 15.4. The monoisotopic (exact) mass is 679 g/mol. The zero-order valence-electron chi connectivity index (χ0n) is 26.2. The number of halogens is 3. The Bertz CT molecular complexity index is 1760. The summed E-state index contributed by atoms with van der Waals surface area (Å²) in [5.74, 6) is 0.676. The van der Waals surface area contributed by atoms with E-state index < -0.39 is 5.82 Å². The normalized spacial score (nSPS) is 16.6. The number of hydrogen-bond acceptors (Lipinski definition) is 9. The van der Waals surface area contributed by atoms with Gasteiger partial charge in [0.1, 0.15) is 0 Å². The summed E-state index contributed by atoms with van der Waals surface area (Å²) < 4.78 is 26.4. The van der Waals surface area contributed by atoms with Crippen LogP contribution >= 0.6 is 23.2 Å². The Labute approximate surface area is 283 Å². The second kappa shape index (κ2) is 14.9. The fraction of sp³-hybridized carbons (Fsp3) is 0.353. The van der Waals surface area contributed by atoms with Crippen LogP contribution in [0.1, 0.15) is 24.0 Å². The van der Waals surface area contributed by atoms with Crippen molar-refractivity contribution in [2.75, 3.05) is 45.8 Å². The van der Waals surface area contributed by atoms with Crippen molar-refractivity contribution in [2.24, 2.45) is 5.92 Å². The quantitative estimate of drug-likeness (QED) is 0.160. The number of anilines is 2. The molecule has 2 saturated heterocycles. The number of pyridine rings is 3. The van der Waals surface area contributed by atoms with E-state index in [-0.39, 0.29) is 22.8 Å². The second-order valence-electron chi connectivity index (χ2n) is 11.8. The molecule has 2 aliphatic rings. The number of benzene rings is 1. The fourth-order valence-corrected chi connectivity index (χ4v) is 6.56. The number of rotatable bonds is 13. The summed E-state index contributed by atoms with van der Waals surface area (Å²) >= 11 is 13.8. The number of carbonyl (C=O) groups is 1. The van der Waals surface area contributed by atoms with E-state index in [1.165, 1.54) is 0 Å². The minimum Gasteiger partial charge on any atom is -0.481 e. The highest BCUT2D eigenvalue weighted by molar-refractivity contribution is 6.39. The Kier molecular flexibility index (Phi) is 10.5. The summed E-state index contributed by atoms with van der Waals surface area (Å²) in [6.07, 6.45) is 4.56. The van der Waals surface area contributed by atoms with E-state index in [4.69, 9.17) is 37.7 Å². The Morgan fingerprint density at radius 3 is 2.60 bits per heavy atom. The predicted octanol–water partition coefficient (Wildman–Crippen LogP) is 5.85. The molecule has 2 fully saturated rings. The van der Waals surface area contributed by atoms with E-state index >= 15 is 4.39 Å². The summed E-state index contributed by atoms with van der Waals surface area (Å²) in [6.45, 7) is 4.11. The maximum atomic E-state index is 15.5. The number of likely N-dealkylation sites (tertiary alicyclic amines) is 1. The van der Waals surface area contributed by atoms with Gasteiger partial charge in [-0.15, -0.1) is 0 Å². The summed E-state index contributed by atoms with van der Waals surface area (Å²) in [4.78, 5) is 27.1. The van der Waals surface area contributed by atoms with Crippen LogP contribution < -0.4 is 20.7 Å². The maximum absolute atomic E-state index is 15.5. The number of methoxy groups -OCH3 is 2. The number of hydrogen-bond donors (Lipinski definition) is 3. The van der Waals surface area contributed by atoms with Gasteiger partial charge in [0.05, 0.1) is 40.8 Å². The van der Waals surface area contributed by atoms with Crippen molar-refractivity contribution in [2.45, 2.75) is 32.0 Å². The zero-order valence-corrected chi connectivity index (χ0v) is 27.7. The molecule has 1 atom stereocenters. The van der Waals surface area contributed by atoms with Gasteiger partial charge in [0, 0.05) is 92.9 Å². The molecular weight excluding hydrogens is 644 g/mol. The molecule has 1 amide bonds. The fourth-order valence-electron chi connectivity index (χ4n) is 5.99. The van der Waals surface area contributed by atoms with E-state index in [1.807, 2.05) is 30.3 Å². The van der Waals surface area contributed by atoms with Crippen molar-refractivity contribution in [1.29, 1.82) is 0 Å². The van der Waals surface area contributed by atoms with E-state index in [9.17, 15) is 4.79 Å². The van der Waals surface area contributed by atoms with Gasteiger partial charge in [0.2, 0.25) is 11.8 Å². The van der Waals surface area contributed by atoms with Crippen molar-refractivity contribution in [3.05, 3.63) is 81.8 Å².